The number of aliphatic hydroxyl groups is 2. The summed E-state index contributed by atoms with van der Waals surface area (Å²) in [6, 6.07) is 4.44. The van der Waals surface area contributed by atoms with Crippen molar-refractivity contribution in [1.29, 1.82) is 0 Å². The molecule has 3 heterocycles. The van der Waals surface area contributed by atoms with Gasteiger partial charge in [-0.25, -0.2) is 0 Å². The third-order valence-corrected chi connectivity index (χ3v) is 8.28. The zero-order valence-electron chi connectivity index (χ0n) is 21.9. The highest BCUT2D eigenvalue weighted by Gasteiger charge is 2.44. The van der Waals surface area contributed by atoms with Crippen LogP contribution in [0.1, 0.15) is 72.1 Å². The molecule has 3 amide bonds. The zero-order valence-corrected chi connectivity index (χ0v) is 23.5. The summed E-state index contributed by atoms with van der Waals surface area (Å²) in [4.78, 5) is 43.9. The predicted molar refractivity (Wildman–Crippen MR) is 148 cm³/mol. The van der Waals surface area contributed by atoms with E-state index in [-0.39, 0.29) is 5.91 Å². The summed E-state index contributed by atoms with van der Waals surface area (Å²) < 4.78 is 0. The fourth-order valence-electron chi connectivity index (χ4n) is 5.46. The summed E-state index contributed by atoms with van der Waals surface area (Å²) in [5, 5.41) is 26.9. The molecule has 4 N–H and O–H groups in total. The van der Waals surface area contributed by atoms with Gasteiger partial charge in [0.2, 0.25) is 5.91 Å². The summed E-state index contributed by atoms with van der Waals surface area (Å²) >= 11 is 3.45. The third kappa shape index (κ3) is 7.12. The highest BCUT2D eigenvalue weighted by atomic mass is 79.9. The number of unbranched alkanes of at least 4 members (excludes halogenated alkanes) is 4. The minimum Gasteiger partial charge on any atom is -0.384 e. The SMILES string of the molecule is O=C(CCCCCCCBr)N1CCN(CCNc2ccc3c(c2)C(=O)N(C2CCC(O)NC2O)C3=O)CC1. The Morgan fingerprint density at radius 1 is 0.974 bits per heavy atom. The van der Waals surface area contributed by atoms with Gasteiger partial charge in [0.1, 0.15) is 12.5 Å². The van der Waals surface area contributed by atoms with E-state index in [0.717, 1.165) is 61.5 Å². The summed E-state index contributed by atoms with van der Waals surface area (Å²) in [7, 11) is 0. The zero-order chi connectivity index (χ0) is 27.1. The number of nitrogens with zero attached hydrogens (tertiary/aromatic N) is 3. The lowest BCUT2D eigenvalue weighted by molar-refractivity contribution is -0.133. The molecule has 2 saturated heterocycles. The van der Waals surface area contributed by atoms with Crippen molar-refractivity contribution in [2.24, 2.45) is 0 Å². The van der Waals surface area contributed by atoms with Crippen LogP contribution in [0, 0.1) is 0 Å². The molecule has 0 aliphatic carbocycles. The number of benzene rings is 1. The number of carbonyl (C=O) groups is 3. The first-order valence-electron chi connectivity index (χ1n) is 13.8. The fraction of sp³-hybridized carbons (Fsp3) is 0.667. The normalized spacial score (nSPS) is 24.1. The Labute approximate surface area is 232 Å². The van der Waals surface area contributed by atoms with E-state index in [4.69, 9.17) is 0 Å². The van der Waals surface area contributed by atoms with Crippen LogP contribution in [0.5, 0.6) is 0 Å². The van der Waals surface area contributed by atoms with Crippen molar-refractivity contribution in [2.45, 2.75) is 69.9 Å². The molecule has 3 atom stereocenters. The highest BCUT2D eigenvalue weighted by Crippen LogP contribution is 2.30. The Bertz CT molecular complexity index is 987. The molecule has 4 rings (SSSR count). The minimum absolute atomic E-state index is 0.266. The van der Waals surface area contributed by atoms with Crippen LogP contribution in [-0.2, 0) is 4.79 Å². The first kappa shape index (κ1) is 28.9. The van der Waals surface area contributed by atoms with E-state index in [0.29, 0.717) is 36.9 Å². The second-order valence-electron chi connectivity index (χ2n) is 10.4. The quantitative estimate of drug-likeness (QED) is 0.165. The number of aliphatic hydroxyl groups excluding tert-OH is 2. The van der Waals surface area contributed by atoms with Crippen LogP contribution >= 0.6 is 15.9 Å². The number of halogens is 1. The van der Waals surface area contributed by atoms with Crippen molar-refractivity contribution >= 4 is 39.3 Å². The van der Waals surface area contributed by atoms with Crippen LogP contribution in [0.4, 0.5) is 5.69 Å². The van der Waals surface area contributed by atoms with E-state index < -0.39 is 30.3 Å². The lowest BCUT2D eigenvalue weighted by Gasteiger charge is -2.36. The monoisotopic (exact) mass is 593 g/mol. The summed E-state index contributed by atoms with van der Waals surface area (Å²) in [6.45, 7) is 4.69. The number of nitrogens with one attached hydrogen (secondary N) is 2. The number of fused-ring (bicyclic) bond motifs is 1. The molecule has 0 aromatic heterocycles. The van der Waals surface area contributed by atoms with Gasteiger partial charge in [-0.05, 0) is 43.9 Å². The predicted octanol–water partition coefficient (Wildman–Crippen LogP) is 1.96. The number of hydrogen-bond donors (Lipinski definition) is 4. The molecule has 0 saturated carbocycles. The van der Waals surface area contributed by atoms with Crippen LogP contribution < -0.4 is 10.6 Å². The number of rotatable bonds is 12. The van der Waals surface area contributed by atoms with Crippen LogP contribution in [0.15, 0.2) is 18.2 Å². The highest BCUT2D eigenvalue weighted by molar-refractivity contribution is 9.09. The molecular weight excluding hydrogens is 554 g/mol. The van der Waals surface area contributed by atoms with Gasteiger partial charge in [-0.1, -0.05) is 35.2 Å². The van der Waals surface area contributed by atoms with E-state index in [1.807, 2.05) is 4.90 Å². The van der Waals surface area contributed by atoms with Crippen LogP contribution in [0.3, 0.4) is 0 Å². The second-order valence-corrected chi connectivity index (χ2v) is 11.2. The van der Waals surface area contributed by atoms with E-state index >= 15 is 0 Å². The molecule has 1 aromatic carbocycles. The van der Waals surface area contributed by atoms with Crippen molar-refractivity contribution in [1.82, 2.24) is 20.0 Å². The first-order valence-corrected chi connectivity index (χ1v) is 14.9. The van der Waals surface area contributed by atoms with E-state index in [9.17, 15) is 24.6 Å². The van der Waals surface area contributed by atoms with E-state index in [1.54, 1.807) is 18.2 Å². The molecule has 0 radical (unpaired) electrons. The molecule has 0 bridgehead atoms. The molecular formula is C27H40BrN5O5. The van der Waals surface area contributed by atoms with Gasteiger partial charge in [0.05, 0.1) is 17.2 Å². The lowest BCUT2D eigenvalue weighted by atomic mass is 10.0. The van der Waals surface area contributed by atoms with Gasteiger partial charge in [0, 0.05) is 56.7 Å². The smallest absolute Gasteiger partial charge is 0.262 e. The molecule has 38 heavy (non-hydrogen) atoms. The molecule has 2 fully saturated rings. The average molecular weight is 595 g/mol. The van der Waals surface area contributed by atoms with Gasteiger partial charge in [-0.15, -0.1) is 0 Å². The van der Waals surface area contributed by atoms with E-state index in [1.165, 1.54) is 19.3 Å². The van der Waals surface area contributed by atoms with Crippen molar-refractivity contribution in [3.8, 4) is 0 Å². The van der Waals surface area contributed by atoms with Gasteiger partial charge in [-0.3, -0.25) is 29.5 Å². The van der Waals surface area contributed by atoms with Crippen molar-refractivity contribution in [3.63, 3.8) is 0 Å². The molecule has 3 unspecified atom stereocenters. The Balaban J connectivity index is 1.19. The molecule has 210 valence electrons. The Hall–Kier alpha value is -2.05. The summed E-state index contributed by atoms with van der Waals surface area (Å²) in [6.07, 6.45) is 5.02. The second kappa shape index (κ2) is 13.8. The topological polar surface area (TPSA) is 125 Å². The number of imide groups is 1. The van der Waals surface area contributed by atoms with Crippen molar-refractivity contribution in [2.75, 3.05) is 49.9 Å². The van der Waals surface area contributed by atoms with Crippen LogP contribution in [0.2, 0.25) is 0 Å². The molecule has 3 aliphatic heterocycles. The number of anilines is 1. The molecule has 0 spiro atoms. The number of alkyl halides is 1. The van der Waals surface area contributed by atoms with E-state index in [2.05, 4.69) is 31.5 Å². The molecule has 10 nitrogen and oxygen atoms in total. The Morgan fingerprint density at radius 3 is 2.42 bits per heavy atom. The van der Waals surface area contributed by atoms with Crippen molar-refractivity contribution < 1.29 is 24.6 Å². The van der Waals surface area contributed by atoms with Crippen LogP contribution in [0.25, 0.3) is 0 Å². The summed E-state index contributed by atoms with van der Waals surface area (Å²) in [5.41, 5.74) is 1.42. The van der Waals surface area contributed by atoms with Gasteiger partial charge in [0.25, 0.3) is 11.8 Å². The number of carbonyl (C=O) groups excluding carboxylic acids is 3. The Morgan fingerprint density at radius 2 is 1.68 bits per heavy atom. The van der Waals surface area contributed by atoms with Gasteiger partial charge < -0.3 is 20.4 Å². The van der Waals surface area contributed by atoms with Gasteiger partial charge in [0.15, 0.2) is 0 Å². The number of hydrogen-bond acceptors (Lipinski definition) is 8. The maximum Gasteiger partial charge on any atom is 0.262 e. The first-order chi connectivity index (χ1) is 18.4. The van der Waals surface area contributed by atoms with Gasteiger partial charge >= 0.3 is 0 Å². The lowest BCUT2D eigenvalue weighted by Crippen LogP contribution is -2.58. The van der Waals surface area contributed by atoms with Gasteiger partial charge in [-0.2, -0.15) is 0 Å². The molecule has 1 aromatic rings. The number of piperidine rings is 1. The number of amides is 3. The average Bonchev–Trinajstić information content (AvgIpc) is 3.15. The molecule has 11 heteroatoms. The Kier molecular flexibility index (Phi) is 10.5. The third-order valence-electron chi connectivity index (χ3n) is 7.72. The largest absolute Gasteiger partial charge is 0.384 e. The minimum atomic E-state index is -1.16. The maximum absolute atomic E-state index is 13.1. The molecule has 3 aliphatic rings. The fourth-order valence-corrected chi connectivity index (χ4v) is 5.85. The van der Waals surface area contributed by atoms with Crippen molar-refractivity contribution in [3.05, 3.63) is 29.3 Å². The van der Waals surface area contributed by atoms with Crippen LogP contribution in [-0.4, -0.2) is 106 Å². The summed E-state index contributed by atoms with van der Waals surface area (Å²) in [5.74, 6) is -0.571. The number of piperazine rings is 1. The standard InChI is InChI=1S/C27H40BrN5O5/c28-11-5-3-1-2-4-6-24(35)32-16-14-31(15-17-32)13-12-29-19-7-8-20-21(18-19)27(38)33(26(20)37)22-9-10-23(34)30-25(22)36/h7-8,18,22-23,25,29-30,34,36H,1-6,9-17H2. The maximum atomic E-state index is 13.1.